The summed E-state index contributed by atoms with van der Waals surface area (Å²) in [4.78, 5) is 4.77. The van der Waals surface area contributed by atoms with Crippen LogP contribution in [0, 0.1) is 0 Å². The van der Waals surface area contributed by atoms with E-state index in [0.29, 0.717) is 17.8 Å². The largest absolute Gasteiger partial charge is 0.299 e. The predicted octanol–water partition coefficient (Wildman–Crippen LogP) is 8.25. The Balaban J connectivity index is 1.71. The summed E-state index contributed by atoms with van der Waals surface area (Å²) in [5.41, 5.74) is 9.80. The first-order valence-corrected chi connectivity index (χ1v) is 12.4. The van der Waals surface area contributed by atoms with Gasteiger partial charge in [0.2, 0.25) is 0 Å². The van der Waals surface area contributed by atoms with Gasteiger partial charge in [0.1, 0.15) is 5.82 Å². The summed E-state index contributed by atoms with van der Waals surface area (Å²) in [7, 11) is 0. The average Bonchev–Trinajstić information content (AvgIpc) is 3.33. The molecular formula is C31H34N2. The van der Waals surface area contributed by atoms with Crippen LogP contribution < -0.4 is 0 Å². The van der Waals surface area contributed by atoms with Gasteiger partial charge in [-0.3, -0.25) is 4.57 Å². The van der Waals surface area contributed by atoms with Gasteiger partial charge in [-0.15, -0.1) is 0 Å². The van der Waals surface area contributed by atoms with Crippen LogP contribution in [0.15, 0.2) is 79.1 Å². The van der Waals surface area contributed by atoms with Crippen LogP contribution in [0.3, 0.4) is 0 Å². The Bertz CT molecular complexity index is 1220. The van der Waals surface area contributed by atoms with Crippen molar-refractivity contribution in [3.8, 4) is 17.1 Å². The zero-order valence-corrected chi connectivity index (χ0v) is 20.3. The van der Waals surface area contributed by atoms with Crippen LogP contribution in [-0.2, 0) is 6.42 Å². The fourth-order valence-electron chi connectivity index (χ4n) is 5.45. The summed E-state index contributed by atoms with van der Waals surface area (Å²) in [5.74, 6) is 2.33. The number of fused-ring (bicyclic) bond motifs is 1. The molecule has 1 aliphatic carbocycles. The molecule has 3 aromatic carbocycles. The Morgan fingerprint density at radius 2 is 1.52 bits per heavy atom. The summed E-state index contributed by atoms with van der Waals surface area (Å²) in [6.45, 7) is 9.28. The van der Waals surface area contributed by atoms with Gasteiger partial charge in [0.05, 0.1) is 5.69 Å². The van der Waals surface area contributed by atoms with Crippen molar-refractivity contribution in [1.82, 2.24) is 9.55 Å². The predicted molar refractivity (Wildman–Crippen MR) is 138 cm³/mol. The first-order chi connectivity index (χ1) is 16.0. The van der Waals surface area contributed by atoms with Crippen molar-refractivity contribution in [2.24, 2.45) is 0 Å². The van der Waals surface area contributed by atoms with Gasteiger partial charge < -0.3 is 0 Å². The highest BCUT2D eigenvalue weighted by molar-refractivity contribution is 5.63. The van der Waals surface area contributed by atoms with Crippen molar-refractivity contribution < 1.29 is 0 Å². The quantitative estimate of drug-likeness (QED) is 0.309. The smallest absolute Gasteiger partial charge is 0.144 e. The maximum Gasteiger partial charge on any atom is 0.144 e. The Labute approximate surface area is 198 Å². The topological polar surface area (TPSA) is 17.8 Å². The fraction of sp³-hybridized carbons (Fsp3) is 0.323. The van der Waals surface area contributed by atoms with Gasteiger partial charge >= 0.3 is 0 Å². The van der Waals surface area contributed by atoms with Gasteiger partial charge in [-0.25, -0.2) is 4.98 Å². The van der Waals surface area contributed by atoms with E-state index in [2.05, 4.69) is 105 Å². The lowest BCUT2D eigenvalue weighted by molar-refractivity contribution is 0.613. The summed E-state index contributed by atoms with van der Waals surface area (Å²) >= 11 is 0. The molecule has 0 aliphatic heterocycles. The minimum Gasteiger partial charge on any atom is -0.299 e. The van der Waals surface area contributed by atoms with Gasteiger partial charge in [0.15, 0.2) is 0 Å². The molecule has 1 heterocycles. The Morgan fingerprint density at radius 3 is 2.21 bits per heavy atom. The Kier molecular flexibility index (Phi) is 5.93. The standard InChI is InChI=1S/C31H34N2/c1-21(2)28-19-25(27-16-10-14-23-11-8-9-15-26(23)27)20-29(22(3)4)30(28)33-18-17-32-31(33)24-12-6-5-7-13-24/h5-9,11-13,15,17-22,27H,10,14,16H2,1-4H3. The Hall–Kier alpha value is -3.13. The van der Waals surface area contributed by atoms with Gasteiger partial charge in [0, 0.05) is 23.9 Å². The molecule has 168 valence electrons. The first-order valence-electron chi connectivity index (χ1n) is 12.4. The third kappa shape index (κ3) is 4.04. The van der Waals surface area contributed by atoms with Crippen LogP contribution in [0.5, 0.6) is 0 Å². The van der Waals surface area contributed by atoms with E-state index in [0.717, 1.165) is 11.4 Å². The molecule has 0 amide bonds. The minimum absolute atomic E-state index is 0.419. The molecule has 5 rings (SSSR count). The fourth-order valence-corrected chi connectivity index (χ4v) is 5.45. The van der Waals surface area contributed by atoms with E-state index in [-0.39, 0.29) is 0 Å². The molecule has 4 aromatic rings. The molecule has 33 heavy (non-hydrogen) atoms. The minimum atomic E-state index is 0.419. The molecule has 1 unspecified atom stereocenters. The van der Waals surface area contributed by atoms with Crippen LogP contribution in [0.1, 0.15) is 86.1 Å². The van der Waals surface area contributed by atoms with Crippen molar-refractivity contribution in [2.45, 2.75) is 64.7 Å². The van der Waals surface area contributed by atoms with Crippen molar-refractivity contribution >= 4 is 0 Å². The maximum absolute atomic E-state index is 4.77. The van der Waals surface area contributed by atoms with E-state index >= 15 is 0 Å². The lowest BCUT2D eigenvalue weighted by atomic mass is 9.77. The molecule has 2 nitrogen and oxygen atoms in total. The van der Waals surface area contributed by atoms with E-state index in [1.54, 1.807) is 0 Å². The number of nitrogens with zero attached hydrogens (tertiary/aromatic N) is 2. The molecule has 0 fully saturated rings. The van der Waals surface area contributed by atoms with E-state index in [1.807, 2.05) is 6.20 Å². The van der Waals surface area contributed by atoms with Crippen molar-refractivity contribution in [1.29, 1.82) is 0 Å². The number of rotatable bonds is 5. The number of benzene rings is 3. The number of aryl methyl sites for hydroxylation is 1. The van der Waals surface area contributed by atoms with Gasteiger partial charge in [-0.1, -0.05) is 94.4 Å². The van der Waals surface area contributed by atoms with E-state index in [1.165, 1.54) is 52.8 Å². The molecule has 0 saturated heterocycles. The van der Waals surface area contributed by atoms with Crippen molar-refractivity contribution in [2.75, 3.05) is 0 Å². The van der Waals surface area contributed by atoms with Gasteiger partial charge in [-0.2, -0.15) is 0 Å². The van der Waals surface area contributed by atoms with Crippen LogP contribution in [0.4, 0.5) is 0 Å². The summed E-state index contributed by atoms with van der Waals surface area (Å²) in [6, 6.07) is 24.6. The third-order valence-electron chi connectivity index (χ3n) is 7.12. The second-order valence-electron chi connectivity index (χ2n) is 9.99. The molecule has 0 spiro atoms. The second kappa shape index (κ2) is 9.02. The highest BCUT2D eigenvalue weighted by Gasteiger charge is 2.26. The summed E-state index contributed by atoms with van der Waals surface area (Å²) < 4.78 is 2.32. The molecule has 1 aliphatic rings. The normalized spacial score (nSPS) is 15.8. The molecule has 1 aromatic heterocycles. The second-order valence-corrected chi connectivity index (χ2v) is 9.99. The average molecular weight is 435 g/mol. The lowest BCUT2D eigenvalue weighted by Gasteiger charge is -2.29. The molecule has 0 N–H and O–H groups in total. The summed E-state index contributed by atoms with van der Waals surface area (Å²) in [6.07, 6.45) is 7.75. The molecule has 0 saturated carbocycles. The molecule has 0 radical (unpaired) electrons. The summed E-state index contributed by atoms with van der Waals surface area (Å²) in [5, 5.41) is 0. The molecule has 0 bridgehead atoms. The first kappa shape index (κ1) is 21.7. The van der Waals surface area contributed by atoms with E-state index in [9.17, 15) is 0 Å². The monoisotopic (exact) mass is 434 g/mol. The highest BCUT2D eigenvalue weighted by atomic mass is 15.1. The zero-order valence-electron chi connectivity index (χ0n) is 20.3. The lowest BCUT2D eigenvalue weighted by Crippen LogP contribution is -2.14. The van der Waals surface area contributed by atoms with Crippen LogP contribution >= 0.6 is 0 Å². The molecule has 2 heteroatoms. The number of hydrogen-bond acceptors (Lipinski definition) is 1. The SMILES string of the molecule is CC(C)c1cc(C2CCCc3ccccc32)cc(C(C)C)c1-n1ccnc1-c1ccccc1. The maximum atomic E-state index is 4.77. The van der Waals surface area contributed by atoms with Crippen molar-refractivity contribution in [3.05, 3.63) is 107 Å². The third-order valence-corrected chi connectivity index (χ3v) is 7.12. The van der Waals surface area contributed by atoms with Crippen LogP contribution in [0.2, 0.25) is 0 Å². The van der Waals surface area contributed by atoms with Gasteiger partial charge in [-0.05, 0) is 58.9 Å². The Morgan fingerprint density at radius 1 is 0.848 bits per heavy atom. The number of aromatic nitrogens is 2. The van der Waals surface area contributed by atoms with Crippen LogP contribution in [0.25, 0.3) is 17.1 Å². The number of imidazole rings is 1. The van der Waals surface area contributed by atoms with E-state index < -0.39 is 0 Å². The van der Waals surface area contributed by atoms with Gasteiger partial charge in [0.25, 0.3) is 0 Å². The van der Waals surface area contributed by atoms with Crippen molar-refractivity contribution in [3.63, 3.8) is 0 Å². The zero-order chi connectivity index (χ0) is 22.9. The highest BCUT2D eigenvalue weighted by Crippen LogP contribution is 2.41. The van der Waals surface area contributed by atoms with E-state index in [4.69, 9.17) is 4.98 Å². The molecule has 1 atom stereocenters. The molecular weight excluding hydrogens is 400 g/mol. The number of hydrogen-bond donors (Lipinski definition) is 0. The van der Waals surface area contributed by atoms with Crippen LogP contribution in [-0.4, -0.2) is 9.55 Å².